The minimum Gasteiger partial charge on any atom is -0.508 e. The van der Waals surface area contributed by atoms with Crippen molar-refractivity contribution in [1.82, 2.24) is 0 Å². The van der Waals surface area contributed by atoms with Crippen LogP contribution in [0, 0.1) is 0 Å². The molecule has 7 rings (SSSR count). The number of aromatic hydroxyl groups is 10. The number of carbonyl (C=O) groups excluding carboxylic acids is 1. The molecule has 0 fully saturated rings. The second-order valence-corrected chi connectivity index (χ2v) is 24.0. The summed E-state index contributed by atoms with van der Waals surface area (Å²) in [4.78, 5) is 11.3. The Balaban J connectivity index is 0.000000326. The van der Waals surface area contributed by atoms with Crippen molar-refractivity contribution in [3.05, 3.63) is 136 Å². The molecule has 0 saturated carbocycles. The third-order valence-electron chi connectivity index (χ3n) is 11.9. The van der Waals surface area contributed by atoms with Gasteiger partial charge in [-0.05, 0) is 131 Å². The molecule has 0 spiro atoms. The fourth-order valence-corrected chi connectivity index (χ4v) is 7.60. The number of ether oxygens (including phenoxy) is 4. The summed E-state index contributed by atoms with van der Waals surface area (Å²) in [5.41, 5.74) is 4.82. The van der Waals surface area contributed by atoms with Crippen molar-refractivity contribution in [3.8, 4) is 74.7 Å². The monoisotopic (exact) mass is 1100 g/mol. The molecule has 15 nitrogen and oxygen atoms in total. The van der Waals surface area contributed by atoms with Gasteiger partial charge in [-0.25, -0.2) is 4.79 Å². The van der Waals surface area contributed by atoms with E-state index in [0.29, 0.717) is 17.9 Å². The van der Waals surface area contributed by atoms with Gasteiger partial charge in [-0.2, -0.15) is 0 Å². The Morgan fingerprint density at radius 1 is 0.456 bits per heavy atom. The maximum Gasteiger partial charge on any atom is 0.338 e. The molecule has 0 saturated heterocycles. The van der Waals surface area contributed by atoms with Gasteiger partial charge in [0.25, 0.3) is 0 Å². The average Bonchev–Trinajstić information content (AvgIpc) is 3.81. The summed E-state index contributed by atoms with van der Waals surface area (Å²) in [6, 6.07) is 25.7. The van der Waals surface area contributed by atoms with E-state index in [1.165, 1.54) is 12.1 Å². The van der Waals surface area contributed by atoms with Crippen LogP contribution in [0.5, 0.6) is 74.7 Å². The molecule has 0 unspecified atom stereocenters. The zero-order chi connectivity index (χ0) is 60.6. The van der Waals surface area contributed by atoms with Crippen molar-refractivity contribution < 1.29 is 74.8 Å². The lowest BCUT2D eigenvalue weighted by molar-refractivity contribution is 0.0504. The second kappa shape index (κ2) is 28.2. The zero-order valence-corrected chi connectivity index (χ0v) is 49.6. The van der Waals surface area contributed by atoms with Gasteiger partial charge in [-0.3, -0.25) is 0 Å². The Morgan fingerprint density at radius 2 is 0.861 bits per heavy atom. The topological polar surface area (TPSA) is 256 Å². The number of methoxy groups -OCH3 is 2. The Hall–Kier alpha value is -7.81. The Bertz CT molecular complexity index is 2860. The Morgan fingerprint density at radius 3 is 1.29 bits per heavy atom. The lowest BCUT2D eigenvalue weighted by atomic mass is 9.81. The number of esters is 1. The molecule has 1 heterocycles. The van der Waals surface area contributed by atoms with E-state index in [0.717, 1.165) is 75.8 Å². The summed E-state index contributed by atoms with van der Waals surface area (Å²) in [6.07, 6.45) is 1.60. The molecule has 0 amide bonds. The average molecular weight is 1100 g/mol. The van der Waals surface area contributed by atoms with Crippen LogP contribution in [0.3, 0.4) is 0 Å². The van der Waals surface area contributed by atoms with E-state index in [1.807, 2.05) is 75.3 Å². The molecule has 0 aromatic heterocycles. The van der Waals surface area contributed by atoms with Gasteiger partial charge in [0, 0.05) is 39.8 Å². The summed E-state index contributed by atoms with van der Waals surface area (Å²) in [6.45, 7) is 33.3. The van der Waals surface area contributed by atoms with Gasteiger partial charge in [0.2, 0.25) is 0 Å². The summed E-state index contributed by atoms with van der Waals surface area (Å²) in [7, 11) is 3.26. The number of hydrogen-bond acceptors (Lipinski definition) is 15. The largest absolute Gasteiger partial charge is 0.508 e. The molecule has 0 atom stereocenters. The highest BCUT2D eigenvalue weighted by molar-refractivity contribution is 5.91. The second-order valence-electron chi connectivity index (χ2n) is 24.0. The quantitative estimate of drug-likeness (QED) is 0.0438. The molecule has 10 N–H and O–H groups in total. The molecule has 1 aliphatic heterocycles. The summed E-state index contributed by atoms with van der Waals surface area (Å²) < 4.78 is 20.3. The third-order valence-corrected chi connectivity index (χ3v) is 11.9. The van der Waals surface area contributed by atoms with Crippen LogP contribution in [-0.2, 0) is 38.2 Å². The molecular weight excluding hydrogens is 1010 g/mol. The van der Waals surface area contributed by atoms with E-state index < -0.39 is 23.2 Å². The van der Waals surface area contributed by atoms with Crippen molar-refractivity contribution in [3.63, 3.8) is 0 Å². The zero-order valence-electron chi connectivity index (χ0n) is 49.6. The highest BCUT2D eigenvalue weighted by Gasteiger charge is 2.26. The minimum atomic E-state index is -0.651. The van der Waals surface area contributed by atoms with Crippen molar-refractivity contribution in [1.29, 1.82) is 0 Å². The van der Waals surface area contributed by atoms with Crippen molar-refractivity contribution >= 4 is 5.97 Å². The van der Waals surface area contributed by atoms with Crippen LogP contribution in [0.15, 0.2) is 97.1 Å². The third kappa shape index (κ3) is 21.2. The van der Waals surface area contributed by atoms with Crippen molar-refractivity contribution in [2.24, 2.45) is 0 Å². The molecule has 434 valence electrons. The number of benzene rings is 6. The first-order chi connectivity index (χ1) is 36.3. The molecule has 6 aromatic rings. The van der Waals surface area contributed by atoms with Crippen LogP contribution in [0.4, 0.5) is 0 Å². The normalized spacial score (nSPS) is 11.8. The van der Waals surface area contributed by atoms with Crippen LogP contribution >= 0.6 is 0 Å². The number of phenols is 10. The predicted molar refractivity (Wildman–Crippen MR) is 312 cm³/mol. The van der Waals surface area contributed by atoms with Gasteiger partial charge in [-0.1, -0.05) is 111 Å². The number of rotatable bonds is 5. The molecular formula is C64H88O15. The Kier molecular flexibility index (Phi) is 24.0. The lowest BCUT2D eigenvalue weighted by Gasteiger charge is -2.25. The first kappa shape index (κ1) is 67.3. The maximum atomic E-state index is 11.3. The minimum absolute atomic E-state index is 0.00347. The van der Waals surface area contributed by atoms with Crippen LogP contribution in [0.1, 0.15) is 161 Å². The van der Waals surface area contributed by atoms with Gasteiger partial charge in [-0.15, -0.1) is 0 Å². The van der Waals surface area contributed by atoms with Crippen molar-refractivity contribution in [2.75, 3.05) is 27.4 Å². The number of fused-ring (bicyclic) bond motifs is 1. The van der Waals surface area contributed by atoms with E-state index in [4.69, 9.17) is 39.4 Å². The molecule has 0 bridgehead atoms. The predicted octanol–water partition coefficient (Wildman–Crippen LogP) is 14.2. The van der Waals surface area contributed by atoms with Crippen LogP contribution in [0.2, 0.25) is 0 Å². The van der Waals surface area contributed by atoms with E-state index in [9.17, 15) is 35.4 Å². The maximum absolute atomic E-state index is 11.3. The molecule has 1 aliphatic rings. The fourth-order valence-electron chi connectivity index (χ4n) is 7.60. The van der Waals surface area contributed by atoms with E-state index in [2.05, 4.69) is 41.5 Å². The lowest BCUT2D eigenvalue weighted by Crippen LogP contribution is -2.15. The SMILES string of the molecule is CC(C)(C)c1cc(O)c(C(C)(C)C)cc1O.CC(C)(C)c1cc(O)ccc1O.CCCOC(=O)c1cc(O)c(O)c(O)c1.COc1ccc(O)c(C(C)(C)C)c1.COc1ccc(O)cc1C(C)(C)C.Oc1ccc2c(c1)CCO2. The highest BCUT2D eigenvalue weighted by Crippen LogP contribution is 2.41. The van der Waals surface area contributed by atoms with Gasteiger partial charge in [0.15, 0.2) is 17.2 Å². The summed E-state index contributed by atoms with van der Waals surface area (Å²) in [5, 5.41) is 94.0. The first-order valence-corrected chi connectivity index (χ1v) is 26.0. The number of carbonyl (C=O) groups is 1. The van der Waals surface area contributed by atoms with E-state index >= 15 is 0 Å². The molecule has 79 heavy (non-hydrogen) atoms. The van der Waals surface area contributed by atoms with Crippen LogP contribution in [-0.4, -0.2) is 84.5 Å². The van der Waals surface area contributed by atoms with Crippen LogP contribution < -0.4 is 14.2 Å². The molecule has 0 aliphatic carbocycles. The van der Waals surface area contributed by atoms with Gasteiger partial charge >= 0.3 is 5.97 Å². The fraction of sp³-hybridized carbons (Fsp3) is 0.422. The smallest absolute Gasteiger partial charge is 0.338 e. The van der Waals surface area contributed by atoms with Gasteiger partial charge in [0.1, 0.15) is 57.5 Å². The molecule has 0 radical (unpaired) electrons. The number of hydrogen-bond donors (Lipinski definition) is 10. The molecule has 15 heteroatoms. The highest BCUT2D eigenvalue weighted by atomic mass is 16.5. The number of phenolic OH excluding ortho intramolecular Hbond substituents is 10. The summed E-state index contributed by atoms with van der Waals surface area (Å²) >= 11 is 0. The van der Waals surface area contributed by atoms with Gasteiger partial charge < -0.3 is 70.0 Å². The summed E-state index contributed by atoms with van der Waals surface area (Å²) in [5.74, 6) is 1.99. The van der Waals surface area contributed by atoms with E-state index in [-0.39, 0.29) is 68.0 Å². The first-order valence-electron chi connectivity index (χ1n) is 26.0. The van der Waals surface area contributed by atoms with Crippen molar-refractivity contribution in [2.45, 2.75) is 151 Å². The Labute approximate surface area is 468 Å². The van der Waals surface area contributed by atoms with E-state index in [1.54, 1.807) is 80.9 Å². The van der Waals surface area contributed by atoms with Gasteiger partial charge in [0.05, 0.1) is 33.0 Å². The molecule has 6 aromatic carbocycles. The van der Waals surface area contributed by atoms with Crippen LogP contribution in [0.25, 0.3) is 0 Å². The standard InChI is InChI=1S/C14H22O2.2C11H16O2.C10H12O5.C10H14O2.C8H8O2/c1-13(2,3)9-7-12(16)10(8-11(9)15)14(4,5)6;1-11(2,3)9-7-8(13-4)5-6-10(9)12;1-11(2,3)9-7-8(12)5-6-10(9)13-4;1-2-3-15-10(14)6-4-7(11)9(13)8(12)5-6;1-10(2,3)8-6-7(11)4-5-9(8)12;9-7-1-2-8-6(5-7)3-4-10-8/h7-8,15-16H,1-6H3;2*5-7,12H,1-4H3;4-5,11-13H,2-3H2,1H3;4-6,11-12H,1-3H3;1-2,5,9H,3-4H2.